The number of para-hydroxylation sites is 1. The first-order valence-corrected chi connectivity index (χ1v) is 11.2. The minimum absolute atomic E-state index is 0.201. The van der Waals surface area contributed by atoms with Crippen LogP contribution in [0.15, 0.2) is 53.4 Å². The molecule has 180 valence electrons. The van der Waals surface area contributed by atoms with Crippen molar-refractivity contribution in [2.24, 2.45) is 5.92 Å². The van der Waals surface area contributed by atoms with Crippen LogP contribution < -0.4 is 20.1 Å². The lowest BCUT2D eigenvalue weighted by Gasteiger charge is -2.22. The standard InChI is InChI=1S/C21H24F3N3O5S/c1-13(2)18(27-19(28)16-6-4-5-7-17(16)32-3)20(29)26-14-8-10-15(11-9-14)33(30,31)25-12-21(22,23)24/h4-11,13,18,25H,12H2,1-3H3,(H,26,29)(H,27,28)/t18-/m0/s1. The second kappa shape index (κ2) is 10.7. The summed E-state index contributed by atoms with van der Waals surface area (Å²) in [5, 5.41) is 5.21. The maximum Gasteiger partial charge on any atom is 0.402 e. The molecular weight excluding hydrogens is 463 g/mol. The molecule has 0 unspecified atom stereocenters. The van der Waals surface area contributed by atoms with Gasteiger partial charge in [0.1, 0.15) is 18.3 Å². The Bertz CT molecular complexity index is 1090. The fourth-order valence-electron chi connectivity index (χ4n) is 2.78. The molecule has 0 bridgehead atoms. The maximum absolute atomic E-state index is 12.8. The van der Waals surface area contributed by atoms with Crippen LogP contribution in [0.3, 0.4) is 0 Å². The number of benzene rings is 2. The molecule has 0 aliphatic heterocycles. The van der Waals surface area contributed by atoms with Gasteiger partial charge in [0.15, 0.2) is 0 Å². The molecular formula is C21H24F3N3O5S. The topological polar surface area (TPSA) is 114 Å². The summed E-state index contributed by atoms with van der Waals surface area (Å²) in [5.41, 5.74) is 0.450. The van der Waals surface area contributed by atoms with E-state index in [1.807, 2.05) is 0 Å². The molecule has 1 atom stereocenters. The molecule has 2 amide bonds. The Morgan fingerprint density at radius 1 is 1.03 bits per heavy atom. The third-order valence-corrected chi connectivity index (χ3v) is 5.90. The number of ether oxygens (including phenoxy) is 1. The first-order chi connectivity index (χ1) is 15.3. The van der Waals surface area contributed by atoms with Crippen LogP contribution in [-0.2, 0) is 14.8 Å². The smallest absolute Gasteiger partial charge is 0.402 e. The summed E-state index contributed by atoms with van der Waals surface area (Å²) < 4.78 is 67.4. The highest BCUT2D eigenvalue weighted by Crippen LogP contribution is 2.19. The fraction of sp³-hybridized carbons (Fsp3) is 0.333. The number of sulfonamides is 1. The lowest BCUT2D eigenvalue weighted by Crippen LogP contribution is -2.47. The zero-order valence-corrected chi connectivity index (χ0v) is 18.9. The van der Waals surface area contributed by atoms with E-state index in [4.69, 9.17) is 4.74 Å². The number of carbonyl (C=O) groups is 2. The first kappa shape index (κ1) is 26.1. The van der Waals surface area contributed by atoms with Gasteiger partial charge in [-0.2, -0.15) is 13.2 Å². The minimum Gasteiger partial charge on any atom is -0.496 e. The zero-order chi connectivity index (χ0) is 24.8. The van der Waals surface area contributed by atoms with Crippen LogP contribution in [0, 0.1) is 5.92 Å². The second-order valence-corrected chi connectivity index (χ2v) is 9.12. The summed E-state index contributed by atoms with van der Waals surface area (Å²) in [5.74, 6) is -1.03. The summed E-state index contributed by atoms with van der Waals surface area (Å²) in [4.78, 5) is 25.0. The highest BCUT2D eigenvalue weighted by atomic mass is 32.2. The number of hydrogen-bond donors (Lipinski definition) is 3. The van der Waals surface area contributed by atoms with Crippen molar-refractivity contribution < 1.29 is 35.9 Å². The van der Waals surface area contributed by atoms with Crippen molar-refractivity contribution in [3.8, 4) is 5.75 Å². The SMILES string of the molecule is COc1ccccc1C(=O)N[C@H](C(=O)Nc1ccc(S(=O)(=O)NCC(F)(F)F)cc1)C(C)C. The average molecular weight is 488 g/mol. The van der Waals surface area contributed by atoms with Gasteiger partial charge in [0.05, 0.1) is 17.6 Å². The summed E-state index contributed by atoms with van der Waals surface area (Å²) in [7, 11) is -2.96. The van der Waals surface area contributed by atoms with E-state index in [9.17, 15) is 31.2 Å². The van der Waals surface area contributed by atoms with Gasteiger partial charge in [-0.3, -0.25) is 9.59 Å². The fourth-order valence-corrected chi connectivity index (χ4v) is 3.80. The van der Waals surface area contributed by atoms with Gasteiger partial charge >= 0.3 is 6.18 Å². The molecule has 0 heterocycles. The summed E-state index contributed by atoms with van der Waals surface area (Å²) in [6, 6.07) is 10.2. The lowest BCUT2D eigenvalue weighted by molar-refractivity contribution is -0.121. The number of nitrogens with one attached hydrogen (secondary N) is 3. The van der Waals surface area contributed by atoms with Gasteiger partial charge in [-0.1, -0.05) is 26.0 Å². The maximum atomic E-state index is 12.8. The van der Waals surface area contributed by atoms with E-state index in [2.05, 4.69) is 10.6 Å². The molecule has 12 heteroatoms. The quantitative estimate of drug-likeness (QED) is 0.503. The molecule has 0 aromatic heterocycles. The lowest BCUT2D eigenvalue weighted by atomic mass is 10.0. The second-order valence-electron chi connectivity index (χ2n) is 7.35. The number of anilines is 1. The normalized spacial score (nSPS) is 12.8. The van der Waals surface area contributed by atoms with Crippen molar-refractivity contribution in [3.63, 3.8) is 0 Å². The number of halogens is 3. The van der Waals surface area contributed by atoms with Crippen molar-refractivity contribution in [1.82, 2.24) is 10.0 Å². The van der Waals surface area contributed by atoms with Crippen LogP contribution in [0.5, 0.6) is 5.75 Å². The van der Waals surface area contributed by atoms with E-state index in [-0.39, 0.29) is 17.2 Å². The number of rotatable bonds is 9. The van der Waals surface area contributed by atoms with Crippen molar-refractivity contribution in [3.05, 3.63) is 54.1 Å². The van der Waals surface area contributed by atoms with Crippen molar-refractivity contribution >= 4 is 27.5 Å². The van der Waals surface area contributed by atoms with E-state index < -0.39 is 45.5 Å². The minimum atomic E-state index is -4.69. The number of carbonyl (C=O) groups excluding carboxylic acids is 2. The third-order valence-electron chi connectivity index (χ3n) is 4.48. The molecule has 0 saturated heterocycles. The highest BCUT2D eigenvalue weighted by molar-refractivity contribution is 7.89. The Morgan fingerprint density at radius 3 is 2.18 bits per heavy atom. The average Bonchev–Trinajstić information content (AvgIpc) is 2.75. The number of hydrogen-bond acceptors (Lipinski definition) is 5. The van der Waals surface area contributed by atoms with Gasteiger partial charge in [-0.05, 0) is 42.3 Å². The number of alkyl halides is 3. The molecule has 8 nitrogen and oxygen atoms in total. The molecule has 0 fully saturated rings. The van der Waals surface area contributed by atoms with Crippen molar-refractivity contribution in [1.29, 1.82) is 0 Å². The van der Waals surface area contributed by atoms with E-state index >= 15 is 0 Å². The summed E-state index contributed by atoms with van der Waals surface area (Å²) >= 11 is 0. The molecule has 0 saturated carbocycles. The summed E-state index contributed by atoms with van der Waals surface area (Å²) in [6.07, 6.45) is -4.69. The highest BCUT2D eigenvalue weighted by Gasteiger charge is 2.30. The molecule has 0 spiro atoms. The van der Waals surface area contributed by atoms with Crippen molar-refractivity contribution in [2.75, 3.05) is 19.0 Å². The molecule has 0 radical (unpaired) electrons. The van der Waals surface area contributed by atoms with E-state index in [0.717, 1.165) is 12.1 Å². The van der Waals surface area contributed by atoms with Gasteiger partial charge < -0.3 is 15.4 Å². The molecule has 3 N–H and O–H groups in total. The Labute approximate surface area is 189 Å². The molecule has 33 heavy (non-hydrogen) atoms. The van der Waals surface area contributed by atoms with E-state index in [1.54, 1.807) is 38.1 Å². The Morgan fingerprint density at radius 2 is 1.64 bits per heavy atom. The van der Waals surface area contributed by atoms with E-state index in [1.165, 1.54) is 24.0 Å². The molecule has 0 aliphatic carbocycles. The molecule has 2 rings (SSSR count). The van der Waals surface area contributed by atoms with Crippen LogP contribution in [0.1, 0.15) is 24.2 Å². The van der Waals surface area contributed by atoms with Crippen LogP contribution >= 0.6 is 0 Å². The van der Waals surface area contributed by atoms with Gasteiger partial charge in [-0.15, -0.1) is 0 Å². The van der Waals surface area contributed by atoms with Gasteiger partial charge in [0.25, 0.3) is 5.91 Å². The first-order valence-electron chi connectivity index (χ1n) is 9.75. The van der Waals surface area contributed by atoms with Crippen LogP contribution in [-0.4, -0.2) is 46.1 Å². The molecule has 2 aromatic carbocycles. The number of methoxy groups -OCH3 is 1. The molecule has 2 aromatic rings. The predicted octanol–water partition coefficient (Wildman–Crippen LogP) is 2.93. The van der Waals surface area contributed by atoms with E-state index in [0.29, 0.717) is 5.75 Å². The van der Waals surface area contributed by atoms with Crippen LogP contribution in [0.4, 0.5) is 18.9 Å². The monoisotopic (exact) mass is 487 g/mol. The Kier molecular flexibility index (Phi) is 8.45. The third kappa shape index (κ3) is 7.46. The Balaban J connectivity index is 2.10. The van der Waals surface area contributed by atoms with Crippen LogP contribution in [0.2, 0.25) is 0 Å². The number of amides is 2. The van der Waals surface area contributed by atoms with Gasteiger partial charge in [0.2, 0.25) is 15.9 Å². The van der Waals surface area contributed by atoms with Gasteiger partial charge in [0, 0.05) is 5.69 Å². The largest absolute Gasteiger partial charge is 0.496 e. The van der Waals surface area contributed by atoms with Gasteiger partial charge in [-0.25, -0.2) is 13.1 Å². The zero-order valence-electron chi connectivity index (χ0n) is 18.1. The Hall–Kier alpha value is -3.12. The molecule has 0 aliphatic rings. The van der Waals surface area contributed by atoms with Crippen LogP contribution in [0.25, 0.3) is 0 Å². The van der Waals surface area contributed by atoms with Crippen molar-refractivity contribution in [2.45, 2.75) is 31.0 Å². The summed E-state index contributed by atoms with van der Waals surface area (Å²) in [6.45, 7) is 1.76. The predicted molar refractivity (Wildman–Crippen MR) is 115 cm³/mol.